The van der Waals surface area contributed by atoms with Gasteiger partial charge in [-0.15, -0.1) is 0 Å². The Morgan fingerprint density at radius 3 is 2.14 bits per heavy atom. The van der Waals surface area contributed by atoms with Crippen molar-refractivity contribution in [1.82, 2.24) is 15.1 Å². The Bertz CT molecular complexity index is 910. The highest BCUT2D eigenvalue weighted by Crippen LogP contribution is 2.28. The SMILES string of the molecule is CC1(c2ccccc2)NC(=O)N(CC(=O)N2CCN(c3ccccc3)CC2)C1=O. The van der Waals surface area contributed by atoms with Gasteiger partial charge in [-0.25, -0.2) is 4.79 Å². The minimum absolute atomic E-state index is 0.210. The Morgan fingerprint density at radius 2 is 1.52 bits per heavy atom. The minimum Gasteiger partial charge on any atom is -0.368 e. The average Bonchev–Trinajstić information content (AvgIpc) is 2.99. The van der Waals surface area contributed by atoms with Crippen LogP contribution in [0.4, 0.5) is 10.5 Å². The molecule has 1 N–H and O–H groups in total. The fourth-order valence-corrected chi connectivity index (χ4v) is 3.90. The molecule has 2 aromatic rings. The molecule has 2 aliphatic rings. The molecule has 150 valence electrons. The molecule has 0 spiro atoms. The lowest BCUT2D eigenvalue weighted by atomic mass is 9.92. The number of carbonyl (C=O) groups is 3. The number of piperazine rings is 1. The Morgan fingerprint density at radius 1 is 0.931 bits per heavy atom. The van der Waals surface area contributed by atoms with Gasteiger partial charge in [0.2, 0.25) is 5.91 Å². The van der Waals surface area contributed by atoms with Crippen LogP contribution in [0.2, 0.25) is 0 Å². The molecule has 0 radical (unpaired) electrons. The molecule has 2 aromatic carbocycles. The zero-order valence-electron chi connectivity index (χ0n) is 16.4. The van der Waals surface area contributed by atoms with Crippen LogP contribution in [-0.2, 0) is 15.1 Å². The lowest BCUT2D eigenvalue weighted by molar-refractivity contribution is -0.139. The molecule has 2 aliphatic heterocycles. The number of hydrogen-bond donors (Lipinski definition) is 1. The fraction of sp³-hybridized carbons (Fsp3) is 0.318. The van der Waals surface area contributed by atoms with Gasteiger partial charge in [0.1, 0.15) is 12.1 Å². The zero-order chi connectivity index (χ0) is 20.4. The average molecular weight is 392 g/mol. The van der Waals surface area contributed by atoms with E-state index >= 15 is 0 Å². The van der Waals surface area contributed by atoms with Crippen LogP contribution in [0.1, 0.15) is 12.5 Å². The summed E-state index contributed by atoms with van der Waals surface area (Å²) in [5, 5.41) is 2.74. The van der Waals surface area contributed by atoms with E-state index in [1.807, 2.05) is 36.4 Å². The lowest BCUT2D eigenvalue weighted by Gasteiger charge is -2.36. The highest BCUT2D eigenvalue weighted by molar-refractivity contribution is 6.09. The van der Waals surface area contributed by atoms with Crippen LogP contribution in [0.25, 0.3) is 0 Å². The first-order valence-corrected chi connectivity index (χ1v) is 9.76. The van der Waals surface area contributed by atoms with Gasteiger partial charge >= 0.3 is 6.03 Å². The summed E-state index contributed by atoms with van der Waals surface area (Å²) < 4.78 is 0. The van der Waals surface area contributed by atoms with Crippen molar-refractivity contribution >= 4 is 23.5 Å². The highest BCUT2D eigenvalue weighted by atomic mass is 16.2. The van der Waals surface area contributed by atoms with E-state index in [-0.39, 0.29) is 12.5 Å². The maximum absolute atomic E-state index is 13.0. The molecule has 2 saturated heterocycles. The monoisotopic (exact) mass is 392 g/mol. The first-order valence-electron chi connectivity index (χ1n) is 9.76. The number of rotatable bonds is 4. The van der Waals surface area contributed by atoms with E-state index in [9.17, 15) is 14.4 Å². The van der Waals surface area contributed by atoms with Crippen molar-refractivity contribution in [2.24, 2.45) is 0 Å². The van der Waals surface area contributed by atoms with Crippen LogP contribution in [0, 0.1) is 0 Å². The summed E-state index contributed by atoms with van der Waals surface area (Å²) in [5.74, 6) is -0.608. The van der Waals surface area contributed by atoms with E-state index in [2.05, 4.69) is 22.3 Å². The molecular weight excluding hydrogens is 368 g/mol. The maximum atomic E-state index is 13.0. The topological polar surface area (TPSA) is 73.0 Å². The second-order valence-electron chi connectivity index (χ2n) is 7.52. The van der Waals surface area contributed by atoms with Gasteiger partial charge in [-0.05, 0) is 24.6 Å². The van der Waals surface area contributed by atoms with E-state index in [0.29, 0.717) is 18.7 Å². The number of hydrogen-bond acceptors (Lipinski definition) is 4. The second-order valence-corrected chi connectivity index (χ2v) is 7.52. The van der Waals surface area contributed by atoms with Gasteiger partial charge in [0.15, 0.2) is 0 Å². The quantitative estimate of drug-likeness (QED) is 0.806. The molecule has 1 atom stereocenters. The van der Waals surface area contributed by atoms with Crippen LogP contribution in [-0.4, -0.2) is 60.4 Å². The number of benzene rings is 2. The number of nitrogens with zero attached hydrogens (tertiary/aromatic N) is 3. The molecule has 0 saturated carbocycles. The molecule has 7 nitrogen and oxygen atoms in total. The summed E-state index contributed by atoms with van der Waals surface area (Å²) >= 11 is 0. The number of urea groups is 1. The third-order valence-corrected chi connectivity index (χ3v) is 5.67. The van der Waals surface area contributed by atoms with Crippen molar-refractivity contribution in [3.63, 3.8) is 0 Å². The van der Waals surface area contributed by atoms with Crippen LogP contribution in [0.15, 0.2) is 60.7 Å². The van der Waals surface area contributed by atoms with Crippen LogP contribution >= 0.6 is 0 Å². The van der Waals surface area contributed by atoms with E-state index in [1.165, 1.54) is 0 Å². The molecule has 1 unspecified atom stereocenters. The standard InChI is InChI=1S/C22H24N4O3/c1-22(17-8-4-2-5-9-17)20(28)26(21(29)23-22)16-19(27)25-14-12-24(13-15-25)18-10-6-3-7-11-18/h2-11H,12-16H2,1H3,(H,23,29). The van der Waals surface area contributed by atoms with Crippen molar-refractivity contribution in [3.05, 3.63) is 66.2 Å². The van der Waals surface area contributed by atoms with E-state index in [4.69, 9.17) is 0 Å². The van der Waals surface area contributed by atoms with Crippen molar-refractivity contribution in [1.29, 1.82) is 0 Å². The number of amides is 4. The molecule has 7 heteroatoms. The molecule has 2 fully saturated rings. The minimum atomic E-state index is -1.15. The molecule has 2 heterocycles. The lowest BCUT2D eigenvalue weighted by Crippen LogP contribution is -2.52. The molecule has 0 aliphatic carbocycles. The van der Waals surface area contributed by atoms with Crippen molar-refractivity contribution in [2.75, 3.05) is 37.6 Å². The van der Waals surface area contributed by atoms with E-state index in [1.54, 1.807) is 24.0 Å². The number of nitrogens with one attached hydrogen (secondary N) is 1. The van der Waals surface area contributed by atoms with Crippen LogP contribution < -0.4 is 10.2 Å². The number of imide groups is 1. The van der Waals surface area contributed by atoms with Gasteiger partial charge < -0.3 is 15.1 Å². The third-order valence-electron chi connectivity index (χ3n) is 5.67. The van der Waals surface area contributed by atoms with Crippen molar-refractivity contribution in [3.8, 4) is 0 Å². The number of anilines is 1. The summed E-state index contributed by atoms with van der Waals surface area (Å²) in [7, 11) is 0. The molecule has 4 rings (SSSR count). The van der Waals surface area contributed by atoms with Gasteiger partial charge in [-0.3, -0.25) is 14.5 Å². The number of para-hydroxylation sites is 1. The molecule has 0 bridgehead atoms. The zero-order valence-corrected chi connectivity index (χ0v) is 16.4. The Balaban J connectivity index is 1.39. The van der Waals surface area contributed by atoms with Gasteiger partial charge in [0.25, 0.3) is 5.91 Å². The smallest absolute Gasteiger partial charge is 0.325 e. The summed E-state index contributed by atoms with van der Waals surface area (Å²) in [5.41, 5.74) is 0.682. The summed E-state index contributed by atoms with van der Waals surface area (Å²) in [6.45, 7) is 4.00. The summed E-state index contributed by atoms with van der Waals surface area (Å²) in [6, 6.07) is 18.6. The largest absolute Gasteiger partial charge is 0.368 e. The Kier molecular flexibility index (Phi) is 4.96. The molecule has 29 heavy (non-hydrogen) atoms. The van der Waals surface area contributed by atoms with Gasteiger partial charge in [-0.1, -0.05) is 48.5 Å². The predicted octanol–water partition coefficient (Wildman–Crippen LogP) is 1.80. The van der Waals surface area contributed by atoms with Gasteiger partial charge in [0.05, 0.1) is 0 Å². The third kappa shape index (κ3) is 3.55. The summed E-state index contributed by atoms with van der Waals surface area (Å²) in [6.07, 6.45) is 0. The van der Waals surface area contributed by atoms with Crippen LogP contribution in [0.3, 0.4) is 0 Å². The van der Waals surface area contributed by atoms with Crippen LogP contribution in [0.5, 0.6) is 0 Å². The van der Waals surface area contributed by atoms with Crippen molar-refractivity contribution in [2.45, 2.75) is 12.5 Å². The normalized spacial score (nSPS) is 22.0. The first kappa shape index (κ1) is 19.0. The molecule has 0 aromatic heterocycles. The Hall–Kier alpha value is -3.35. The molecular formula is C22H24N4O3. The van der Waals surface area contributed by atoms with Crippen molar-refractivity contribution < 1.29 is 14.4 Å². The summed E-state index contributed by atoms with van der Waals surface area (Å²) in [4.78, 5) is 43.1. The second kappa shape index (κ2) is 7.58. The maximum Gasteiger partial charge on any atom is 0.325 e. The first-order chi connectivity index (χ1) is 14.0. The molecule has 4 amide bonds. The van der Waals surface area contributed by atoms with Gasteiger partial charge in [-0.2, -0.15) is 0 Å². The van der Waals surface area contributed by atoms with E-state index in [0.717, 1.165) is 23.7 Å². The Labute approximate surface area is 169 Å². The van der Waals surface area contributed by atoms with Gasteiger partial charge in [0, 0.05) is 31.9 Å². The number of carbonyl (C=O) groups excluding carboxylic acids is 3. The highest BCUT2D eigenvalue weighted by Gasteiger charge is 2.49. The fourth-order valence-electron chi connectivity index (χ4n) is 3.90. The van der Waals surface area contributed by atoms with E-state index < -0.39 is 17.5 Å². The predicted molar refractivity (Wildman–Crippen MR) is 109 cm³/mol.